The second kappa shape index (κ2) is 5.73. The van der Waals surface area contributed by atoms with Crippen LogP contribution in [0, 0.1) is 28.6 Å². The summed E-state index contributed by atoms with van der Waals surface area (Å²) in [6.07, 6.45) is 5.74. The van der Waals surface area contributed by atoms with Crippen molar-refractivity contribution in [3.8, 4) is 0 Å². The maximum absolute atomic E-state index is 12.4. The Labute approximate surface area is 154 Å². The first-order chi connectivity index (χ1) is 12.2. The number of rotatable bonds is 2. The Hall–Kier alpha value is -1.04. The van der Waals surface area contributed by atoms with Crippen LogP contribution in [0.25, 0.3) is 0 Å². The molecule has 0 saturated heterocycles. The molecule has 0 aromatic rings. The molecule has 3 N–H and O–H groups in total. The number of carbonyl (C=O) groups is 2. The summed E-state index contributed by atoms with van der Waals surface area (Å²) < 4.78 is 0. The van der Waals surface area contributed by atoms with Gasteiger partial charge in [-0.2, -0.15) is 0 Å². The van der Waals surface area contributed by atoms with Crippen LogP contribution >= 0.6 is 0 Å². The van der Waals surface area contributed by atoms with Crippen LogP contribution in [-0.2, 0) is 9.59 Å². The molecule has 0 amide bonds. The SMILES string of the molecule is CC12CCC(=O)C=C1CCC1C2[C@H](O)CC2(C)C1CC[C@]2(O)C(=O)CO. The molecule has 0 aliphatic heterocycles. The Kier molecular flexibility index (Phi) is 4.04. The highest BCUT2D eigenvalue weighted by Crippen LogP contribution is 2.67. The van der Waals surface area contributed by atoms with Gasteiger partial charge in [0.15, 0.2) is 11.6 Å². The first-order valence-corrected chi connectivity index (χ1v) is 9.96. The van der Waals surface area contributed by atoms with Crippen LogP contribution in [0.1, 0.15) is 58.8 Å². The van der Waals surface area contributed by atoms with E-state index >= 15 is 0 Å². The zero-order chi connectivity index (χ0) is 18.9. The topological polar surface area (TPSA) is 94.8 Å². The summed E-state index contributed by atoms with van der Waals surface area (Å²) in [5, 5.41) is 31.7. The van der Waals surface area contributed by atoms with Gasteiger partial charge in [0.2, 0.25) is 0 Å². The van der Waals surface area contributed by atoms with Crippen LogP contribution in [0.4, 0.5) is 0 Å². The molecule has 4 rings (SSSR count). The number of aliphatic hydroxyl groups excluding tert-OH is 2. The number of aliphatic hydroxyl groups is 3. The van der Waals surface area contributed by atoms with Crippen molar-refractivity contribution in [1.29, 1.82) is 0 Å². The Morgan fingerprint density at radius 1 is 1.23 bits per heavy atom. The number of hydrogen-bond acceptors (Lipinski definition) is 5. The lowest BCUT2D eigenvalue weighted by Crippen LogP contribution is -2.62. The van der Waals surface area contributed by atoms with Gasteiger partial charge in [0.1, 0.15) is 12.2 Å². The molecule has 26 heavy (non-hydrogen) atoms. The Balaban J connectivity index is 1.74. The standard InChI is InChI=1S/C21H30O5/c1-19-7-5-13(23)9-12(19)3-4-14-15-6-8-21(26,17(25)11-22)20(15,2)10-16(24)18(14)19/h9,14-16,18,22,24,26H,3-8,10-11H2,1-2H3/t14?,15?,16-,18?,19?,20?,21+/m1/s1. The van der Waals surface area contributed by atoms with Gasteiger partial charge in [-0.15, -0.1) is 0 Å². The Morgan fingerprint density at radius 3 is 2.65 bits per heavy atom. The molecular formula is C21H30O5. The molecule has 4 aliphatic rings. The number of Topliss-reactive ketones (excluding diaryl/α,β-unsaturated/α-hetero) is 1. The molecule has 5 heteroatoms. The van der Waals surface area contributed by atoms with Gasteiger partial charge >= 0.3 is 0 Å². The van der Waals surface area contributed by atoms with Crippen LogP contribution < -0.4 is 0 Å². The fourth-order valence-corrected chi connectivity index (χ4v) is 7.28. The maximum atomic E-state index is 12.4. The van der Waals surface area contributed by atoms with Gasteiger partial charge in [-0.05, 0) is 67.8 Å². The van der Waals surface area contributed by atoms with E-state index in [4.69, 9.17) is 0 Å². The third-order valence-electron chi connectivity index (χ3n) is 8.65. The van der Waals surface area contributed by atoms with E-state index < -0.39 is 29.5 Å². The quantitative estimate of drug-likeness (QED) is 0.696. The van der Waals surface area contributed by atoms with Crippen molar-refractivity contribution in [2.45, 2.75) is 70.5 Å². The summed E-state index contributed by atoms with van der Waals surface area (Å²) in [6, 6.07) is 0. The van der Waals surface area contributed by atoms with Gasteiger partial charge in [-0.1, -0.05) is 19.4 Å². The molecule has 0 spiro atoms. The second-order valence-corrected chi connectivity index (χ2v) is 9.56. The Bertz CT molecular complexity index is 684. The van der Waals surface area contributed by atoms with E-state index in [9.17, 15) is 24.9 Å². The van der Waals surface area contributed by atoms with E-state index in [2.05, 4.69) is 6.92 Å². The highest BCUT2D eigenvalue weighted by Gasteiger charge is 2.68. The molecule has 3 fully saturated rings. The summed E-state index contributed by atoms with van der Waals surface area (Å²) in [5.74, 6) is 0.140. The average Bonchev–Trinajstić information content (AvgIpc) is 2.86. The van der Waals surface area contributed by atoms with Crippen molar-refractivity contribution in [2.75, 3.05) is 6.61 Å². The van der Waals surface area contributed by atoms with Crippen LogP contribution in [0.15, 0.2) is 11.6 Å². The number of fused-ring (bicyclic) bond motifs is 5. The van der Waals surface area contributed by atoms with E-state index in [0.717, 1.165) is 25.7 Å². The highest BCUT2D eigenvalue weighted by molar-refractivity contribution is 5.91. The van der Waals surface area contributed by atoms with Gasteiger partial charge in [0.25, 0.3) is 0 Å². The van der Waals surface area contributed by atoms with Gasteiger partial charge in [0.05, 0.1) is 6.10 Å². The number of carbonyl (C=O) groups excluding carboxylic acids is 2. The zero-order valence-corrected chi connectivity index (χ0v) is 15.7. The Morgan fingerprint density at radius 2 is 1.96 bits per heavy atom. The van der Waals surface area contributed by atoms with Crippen LogP contribution in [-0.4, -0.2) is 45.2 Å². The van der Waals surface area contributed by atoms with E-state index in [1.807, 2.05) is 6.92 Å². The molecule has 0 bridgehead atoms. The monoisotopic (exact) mass is 362 g/mol. The lowest BCUT2D eigenvalue weighted by atomic mass is 9.45. The molecular weight excluding hydrogens is 332 g/mol. The fourth-order valence-electron chi connectivity index (χ4n) is 7.28. The molecule has 144 valence electrons. The molecule has 7 atom stereocenters. The summed E-state index contributed by atoms with van der Waals surface area (Å²) in [7, 11) is 0. The first kappa shape index (κ1) is 18.3. The van der Waals surface area contributed by atoms with Crippen molar-refractivity contribution >= 4 is 11.6 Å². The predicted molar refractivity (Wildman–Crippen MR) is 95.1 cm³/mol. The minimum absolute atomic E-state index is 0.0697. The minimum atomic E-state index is -1.54. The number of ketones is 2. The van der Waals surface area contributed by atoms with Crippen molar-refractivity contribution in [1.82, 2.24) is 0 Å². The summed E-state index contributed by atoms with van der Waals surface area (Å²) in [5.41, 5.74) is -1.23. The summed E-state index contributed by atoms with van der Waals surface area (Å²) in [4.78, 5) is 24.3. The number of hydrogen-bond donors (Lipinski definition) is 3. The van der Waals surface area contributed by atoms with Crippen molar-refractivity contribution in [3.63, 3.8) is 0 Å². The lowest BCUT2D eigenvalue weighted by Gasteiger charge is -2.60. The van der Waals surface area contributed by atoms with E-state index in [1.165, 1.54) is 5.57 Å². The van der Waals surface area contributed by atoms with Gasteiger partial charge < -0.3 is 15.3 Å². The van der Waals surface area contributed by atoms with Crippen LogP contribution in [0.3, 0.4) is 0 Å². The first-order valence-electron chi connectivity index (χ1n) is 9.96. The van der Waals surface area contributed by atoms with Crippen LogP contribution in [0.2, 0.25) is 0 Å². The molecule has 0 aromatic carbocycles. The van der Waals surface area contributed by atoms with E-state index in [0.29, 0.717) is 19.3 Å². The molecule has 5 nitrogen and oxygen atoms in total. The summed E-state index contributed by atoms with van der Waals surface area (Å²) in [6.45, 7) is 3.46. The van der Waals surface area contributed by atoms with E-state index in [-0.39, 0.29) is 29.0 Å². The lowest BCUT2D eigenvalue weighted by molar-refractivity contribution is -0.182. The fraction of sp³-hybridized carbons (Fsp3) is 0.810. The molecule has 0 radical (unpaired) electrons. The van der Waals surface area contributed by atoms with Crippen LogP contribution in [0.5, 0.6) is 0 Å². The largest absolute Gasteiger partial charge is 0.393 e. The summed E-state index contributed by atoms with van der Waals surface area (Å²) >= 11 is 0. The second-order valence-electron chi connectivity index (χ2n) is 9.56. The van der Waals surface area contributed by atoms with Crippen molar-refractivity contribution in [3.05, 3.63) is 11.6 Å². The normalized spacial score (nSPS) is 50.5. The van der Waals surface area contributed by atoms with Gasteiger partial charge in [-0.3, -0.25) is 9.59 Å². The average molecular weight is 362 g/mol. The minimum Gasteiger partial charge on any atom is -0.393 e. The van der Waals surface area contributed by atoms with Gasteiger partial charge in [0, 0.05) is 11.8 Å². The molecule has 0 aromatic heterocycles. The third kappa shape index (κ3) is 2.14. The van der Waals surface area contributed by atoms with Crippen molar-refractivity contribution in [2.24, 2.45) is 28.6 Å². The van der Waals surface area contributed by atoms with Crippen molar-refractivity contribution < 1.29 is 24.9 Å². The highest BCUT2D eigenvalue weighted by atomic mass is 16.3. The maximum Gasteiger partial charge on any atom is 0.190 e. The molecule has 5 unspecified atom stereocenters. The molecule has 4 aliphatic carbocycles. The molecule has 3 saturated carbocycles. The zero-order valence-electron chi connectivity index (χ0n) is 15.7. The van der Waals surface area contributed by atoms with E-state index in [1.54, 1.807) is 6.08 Å². The predicted octanol–water partition coefficient (Wildman–Crippen LogP) is 1.78. The number of allylic oxidation sites excluding steroid dienone is 1. The molecule has 0 heterocycles. The smallest absolute Gasteiger partial charge is 0.190 e. The van der Waals surface area contributed by atoms with Gasteiger partial charge in [-0.25, -0.2) is 0 Å². The third-order valence-corrected chi connectivity index (χ3v) is 8.65.